The molecule has 0 unspecified atom stereocenters. The fraction of sp³-hybridized carbons (Fsp3) is 0.778. The molecule has 8 atom stereocenters. The lowest BCUT2D eigenvalue weighted by Crippen LogP contribution is -2.61. The minimum atomic E-state index is -0.430. The summed E-state index contributed by atoms with van der Waals surface area (Å²) in [5, 5.41) is 0. The van der Waals surface area contributed by atoms with Gasteiger partial charge in [0, 0.05) is 12.5 Å². The standard InChI is InChI=1S/C27H36O4/c1-15(28)31-22-12-21-24(2)10-8-16-13-26(16,4)19(24)9-11-25(21,3)20-7-6-17-18(27(20,22)5)14-30-23(17)29/h7,16,19,21-22H,6,8-14H2,1-5H3/t16-,19+,21+,22-,24-,25-,26+,27+/m0/s1. The molecule has 168 valence electrons. The van der Waals surface area contributed by atoms with Crippen molar-refractivity contribution in [2.45, 2.75) is 85.7 Å². The molecule has 5 aliphatic carbocycles. The summed E-state index contributed by atoms with van der Waals surface area (Å²) in [5.41, 5.74) is 3.75. The van der Waals surface area contributed by atoms with E-state index in [4.69, 9.17) is 9.47 Å². The number of rotatable bonds is 1. The number of ether oxygens (including phenoxy) is 2. The lowest BCUT2D eigenvalue weighted by molar-refractivity contribution is -0.172. The third kappa shape index (κ3) is 2.27. The normalized spacial score (nSPS) is 52.0. The van der Waals surface area contributed by atoms with Crippen molar-refractivity contribution < 1.29 is 19.1 Å². The summed E-state index contributed by atoms with van der Waals surface area (Å²) in [6.45, 7) is 11.7. The van der Waals surface area contributed by atoms with Gasteiger partial charge in [-0.05, 0) is 91.4 Å². The Morgan fingerprint density at radius 1 is 1.10 bits per heavy atom. The van der Waals surface area contributed by atoms with E-state index >= 15 is 0 Å². The highest BCUT2D eigenvalue weighted by molar-refractivity contribution is 5.93. The Morgan fingerprint density at radius 3 is 2.61 bits per heavy atom. The Balaban J connectivity index is 1.48. The summed E-state index contributed by atoms with van der Waals surface area (Å²) >= 11 is 0. The van der Waals surface area contributed by atoms with Crippen molar-refractivity contribution in [3.63, 3.8) is 0 Å². The third-order valence-electron chi connectivity index (χ3n) is 11.3. The molecule has 0 aromatic rings. The zero-order valence-corrected chi connectivity index (χ0v) is 19.7. The second-order valence-corrected chi connectivity index (χ2v) is 12.4. The number of esters is 2. The molecule has 0 radical (unpaired) electrons. The van der Waals surface area contributed by atoms with Gasteiger partial charge in [-0.2, -0.15) is 0 Å². The Kier molecular flexibility index (Phi) is 3.79. The van der Waals surface area contributed by atoms with Gasteiger partial charge in [0.15, 0.2) is 0 Å². The van der Waals surface area contributed by atoms with E-state index in [2.05, 4.69) is 33.8 Å². The molecule has 0 aromatic heterocycles. The Morgan fingerprint density at radius 2 is 1.87 bits per heavy atom. The lowest BCUT2D eigenvalue weighted by Gasteiger charge is -2.66. The van der Waals surface area contributed by atoms with E-state index in [0.717, 1.165) is 29.4 Å². The molecule has 4 nitrogen and oxygen atoms in total. The molecule has 4 heteroatoms. The van der Waals surface area contributed by atoms with Crippen LogP contribution in [0.2, 0.25) is 0 Å². The number of hydrogen-bond donors (Lipinski definition) is 0. The first kappa shape index (κ1) is 20.1. The van der Waals surface area contributed by atoms with Gasteiger partial charge in [0.1, 0.15) is 12.7 Å². The van der Waals surface area contributed by atoms with E-state index in [-0.39, 0.29) is 28.9 Å². The molecule has 0 spiro atoms. The van der Waals surface area contributed by atoms with Gasteiger partial charge in [0.05, 0.1) is 5.41 Å². The third-order valence-corrected chi connectivity index (χ3v) is 11.3. The van der Waals surface area contributed by atoms with E-state index in [0.29, 0.717) is 24.4 Å². The van der Waals surface area contributed by atoms with Crippen molar-refractivity contribution in [2.75, 3.05) is 6.61 Å². The molecule has 4 fully saturated rings. The largest absolute Gasteiger partial charge is 0.461 e. The number of cyclic esters (lactones) is 1. The summed E-state index contributed by atoms with van der Waals surface area (Å²) in [5.74, 6) is 1.80. The van der Waals surface area contributed by atoms with Crippen LogP contribution >= 0.6 is 0 Å². The van der Waals surface area contributed by atoms with Gasteiger partial charge in [-0.25, -0.2) is 4.79 Å². The Hall–Kier alpha value is -1.58. The van der Waals surface area contributed by atoms with Crippen LogP contribution < -0.4 is 0 Å². The van der Waals surface area contributed by atoms with Crippen molar-refractivity contribution in [3.8, 4) is 0 Å². The minimum Gasteiger partial charge on any atom is -0.461 e. The SMILES string of the molecule is CC(=O)O[C@H]1C[C@@H]2[C@@]3(C)CC[C@H]4C[C@@]4(C)[C@@H]3CC[C@@]2(C)C2=CCC3=C(COC3=O)[C@]21C. The van der Waals surface area contributed by atoms with Crippen LogP contribution in [0.1, 0.15) is 79.6 Å². The van der Waals surface area contributed by atoms with Gasteiger partial charge in [0.2, 0.25) is 0 Å². The monoisotopic (exact) mass is 424 g/mol. The van der Waals surface area contributed by atoms with Gasteiger partial charge in [0.25, 0.3) is 0 Å². The van der Waals surface area contributed by atoms with E-state index in [1.54, 1.807) is 0 Å². The van der Waals surface area contributed by atoms with Crippen molar-refractivity contribution in [1.82, 2.24) is 0 Å². The topological polar surface area (TPSA) is 52.6 Å². The predicted molar refractivity (Wildman–Crippen MR) is 117 cm³/mol. The summed E-state index contributed by atoms with van der Waals surface area (Å²) in [6.07, 6.45) is 10.2. The zero-order chi connectivity index (χ0) is 22.0. The molecule has 0 bridgehead atoms. The first-order valence-electron chi connectivity index (χ1n) is 12.3. The average Bonchev–Trinajstić information content (AvgIpc) is 3.23. The first-order chi connectivity index (χ1) is 14.5. The Bertz CT molecular complexity index is 960. The zero-order valence-electron chi connectivity index (χ0n) is 19.7. The van der Waals surface area contributed by atoms with Gasteiger partial charge in [-0.3, -0.25) is 4.79 Å². The van der Waals surface area contributed by atoms with Crippen LogP contribution in [0, 0.1) is 39.4 Å². The van der Waals surface area contributed by atoms with Crippen LogP contribution in [0.4, 0.5) is 0 Å². The van der Waals surface area contributed by atoms with Gasteiger partial charge < -0.3 is 9.47 Å². The quantitative estimate of drug-likeness (QED) is 0.419. The fourth-order valence-electron chi connectivity index (χ4n) is 9.71. The maximum atomic E-state index is 12.4. The smallest absolute Gasteiger partial charge is 0.334 e. The van der Waals surface area contributed by atoms with Crippen LogP contribution in [0.3, 0.4) is 0 Å². The number of carbonyl (C=O) groups excluding carboxylic acids is 2. The molecule has 1 aliphatic heterocycles. The first-order valence-corrected chi connectivity index (χ1v) is 12.3. The summed E-state index contributed by atoms with van der Waals surface area (Å²) < 4.78 is 11.6. The molecule has 0 N–H and O–H groups in total. The summed E-state index contributed by atoms with van der Waals surface area (Å²) in [4.78, 5) is 24.7. The van der Waals surface area contributed by atoms with Gasteiger partial charge in [-0.15, -0.1) is 0 Å². The summed E-state index contributed by atoms with van der Waals surface area (Å²) in [6, 6.07) is 0. The van der Waals surface area contributed by atoms with Crippen molar-refractivity contribution >= 4 is 11.9 Å². The van der Waals surface area contributed by atoms with Crippen molar-refractivity contribution in [2.24, 2.45) is 39.4 Å². The highest BCUT2D eigenvalue weighted by Crippen LogP contribution is 2.78. The molecule has 6 aliphatic rings. The number of carbonyl (C=O) groups is 2. The predicted octanol–water partition coefficient (Wildman–Crippen LogP) is 5.37. The van der Waals surface area contributed by atoms with E-state index in [1.807, 2.05) is 0 Å². The molecule has 0 saturated heterocycles. The molecule has 0 aromatic carbocycles. The van der Waals surface area contributed by atoms with Gasteiger partial charge in [-0.1, -0.05) is 32.4 Å². The molecular formula is C27H36O4. The van der Waals surface area contributed by atoms with Crippen molar-refractivity contribution in [3.05, 3.63) is 22.8 Å². The molecule has 31 heavy (non-hydrogen) atoms. The van der Waals surface area contributed by atoms with Crippen LogP contribution in [0.25, 0.3) is 0 Å². The number of hydrogen-bond acceptors (Lipinski definition) is 4. The second kappa shape index (κ2) is 5.85. The fourth-order valence-corrected chi connectivity index (χ4v) is 9.71. The molecule has 4 saturated carbocycles. The number of fused-ring (bicyclic) bond motifs is 8. The molecule has 1 heterocycles. The highest BCUT2D eigenvalue weighted by Gasteiger charge is 2.71. The van der Waals surface area contributed by atoms with Crippen LogP contribution in [0.5, 0.6) is 0 Å². The van der Waals surface area contributed by atoms with E-state index in [9.17, 15) is 9.59 Å². The average molecular weight is 425 g/mol. The molecule has 0 amide bonds. The van der Waals surface area contributed by atoms with Crippen molar-refractivity contribution in [1.29, 1.82) is 0 Å². The molecular weight excluding hydrogens is 388 g/mol. The molecule has 6 rings (SSSR count). The lowest BCUT2D eigenvalue weighted by atomic mass is 9.38. The highest BCUT2D eigenvalue weighted by atomic mass is 16.5. The Labute approximate surface area is 185 Å². The maximum absolute atomic E-state index is 12.4. The minimum absolute atomic E-state index is 0.0822. The van der Waals surface area contributed by atoms with E-state index in [1.165, 1.54) is 44.6 Å². The van der Waals surface area contributed by atoms with Crippen LogP contribution in [-0.4, -0.2) is 24.6 Å². The van der Waals surface area contributed by atoms with Crippen LogP contribution in [-0.2, 0) is 19.1 Å². The maximum Gasteiger partial charge on any atom is 0.334 e. The van der Waals surface area contributed by atoms with Crippen LogP contribution in [0.15, 0.2) is 22.8 Å². The van der Waals surface area contributed by atoms with Gasteiger partial charge >= 0.3 is 11.9 Å². The van der Waals surface area contributed by atoms with E-state index < -0.39 is 5.41 Å². The second-order valence-electron chi connectivity index (χ2n) is 12.4. The number of allylic oxidation sites excluding steroid dienone is 1. The summed E-state index contributed by atoms with van der Waals surface area (Å²) in [7, 11) is 0.